The van der Waals surface area contributed by atoms with Crippen molar-refractivity contribution in [1.82, 2.24) is 4.98 Å². The Hall–Kier alpha value is -2.84. The predicted octanol–water partition coefficient (Wildman–Crippen LogP) is 10.1. The normalized spacial score (nSPS) is 14.1. The van der Waals surface area contributed by atoms with Crippen molar-refractivity contribution >= 4 is 35.7 Å². The predicted molar refractivity (Wildman–Crippen MR) is 170 cm³/mol. The summed E-state index contributed by atoms with van der Waals surface area (Å²) < 4.78 is 0. The lowest BCUT2D eigenvalue weighted by Gasteiger charge is -2.12. The van der Waals surface area contributed by atoms with Gasteiger partial charge in [0.2, 0.25) is 0 Å². The van der Waals surface area contributed by atoms with Crippen LogP contribution in [0.3, 0.4) is 0 Å². The van der Waals surface area contributed by atoms with E-state index in [1.165, 1.54) is 58.9 Å². The minimum absolute atomic E-state index is 0.581. The quantitative estimate of drug-likeness (QED) is 0.216. The van der Waals surface area contributed by atoms with Gasteiger partial charge in [-0.05, 0) is 109 Å². The first-order valence-corrected chi connectivity index (χ1v) is 14.9. The molecule has 0 N–H and O–H groups in total. The Morgan fingerprint density at radius 3 is 2.39 bits per heavy atom. The van der Waals surface area contributed by atoms with Crippen molar-refractivity contribution in [1.29, 1.82) is 0 Å². The number of nitrogens with zero attached hydrogens (tertiary/aromatic N) is 1. The van der Waals surface area contributed by atoms with E-state index in [-0.39, 0.29) is 0 Å². The summed E-state index contributed by atoms with van der Waals surface area (Å²) in [5, 5.41) is 1.18. The summed E-state index contributed by atoms with van der Waals surface area (Å²) >= 11 is 4.24. The number of pyridine rings is 1. The number of hydrogen-bond acceptors (Lipinski definition) is 2. The van der Waals surface area contributed by atoms with Crippen LogP contribution < -0.4 is 0 Å². The van der Waals surface area contributed by atoms with Gasteiger partial charge in [-0.2, -0.15) is 12.6 Å². The van der Waals surface area contributed by atoms with Crippen LogP contribution in [0.1, 0.15) is 85.9 Å². The molecule has 3 aromatic carbocycles. The highest BCUT2D eigenvalue weighted by Crippen LogP contribution is 2.49. The average molecular weight is 522 g/mol. The summed E-state index contributed by atoms with van der Waals surface area (Å²) in [7, 11) is 0. The van der Waals surface area contributed by atoms with Gasteiger partial charge in [-0.15, -0.1) is 0 Å². The maximum atomic E-state index is 4.79. The Morgan fingerprint density at radius 2 is 1.68 bits per heavy atom. The Labute approximate surface area is 235 Å². The summed E-state index contributed by atoms with van der Waals surface area (Å²) in [6, 6.07) is 28.4. The number of aryl methyl sites for hydroxylation is 3. The van der Waals surface area contributed by atoms with Crippen LogP contribution in [-0.2, 0) is 12.8 Å². The van der Waals surface area contributed by atoms with Crippen molar-refractivity contribution in [3.05, 3.63) is 112 Å². The van der Waals surface area contributed by atoms with Gasteiger partial charge in [0.25, 0.3) is 0 Å². The van der Waals surface area contributed by atoms with Crippen LogP contribution in [0.4, 0.5) is 0 Å². The van der Waals surface area contributed by atoms with Crippen LogP contribution in [0.25, 0.3) is 23.1 Å². The van der Waals surface area contributed by atoms with Crippen molar-refractivity contribution in [3.8, 4) is 0 Å². The van der Waals surface area contributed by atoms with Gasteiger partial charge in [0.1, 0.15) is 0 Å². The number of benzene rings is 3. The zero-order valence-corrected chi connectivity index (χ0v) is 24.5. The maximum absolute atomic E-state index is 4.79. The molecule has 0 saturated heterocycles. The minimum atomic E-state index is 0.581. The maximum Gasteiger partial charge on any atom is 0.0711 e. The smallest absolute Gasteiger partial charge is 0.0711 e. The second-order valence-electron chi connectivity index (χ2n) is 11.2. The Bertz CT molecular complexity index is 1360. The summed E-state index contributed by atoms with van der Waals surface area (Å²) in [5.74, 6) is 1.68. The van der Waals surface area contributed by atoms with E-state index in [2.05, 4.69) is 131 Å². The summed E-state index contributed by atoms with van der Waals surface area (Å²) in [4.78, 5) is 4.79. The van der Waals surface area contributed by atoms with E-state index >= 15 is 0 Å². The first-order chi connectivity index (χ1) is 18.4. The fourth-order valence-electron chi connectivity index (χ4n) is 4.98. The van der Waals surface area contributed by atoms with E-state index < -0.39 is 0 Å². The Morgan fingerprint density at radius 1 is 0.895 bits per heavy atom. The molecule has 0 amide bonds. The Kier molecular flexibility index (Phi) is 9.86. The van der Waals surface area contributed by atoms with Crippen LogP contribution in [-0.4, -0.2) is 10.7 Å². The van der Waals surface area contributed by atoms with Crippen LogP contribution in [0.5, 0.6) is 0 Å². The topological polar surface area (TPSA) is 12.9 Å². The van der Waals surface area contributed by atoms with E-state index in [0.29, 0.717) is 11.3 Å². The highest BCUT2D eigenvalue weighted by atomic mass is 32.1. The number of fused-ring (bicyclic) bond motifs is 1. The summed E-state index contributed by atoms with van der Waals surface area (Å²) in [6.07, 6.45) is 11.9. The molecule has 1 nitrogen and oxygen atoms in total. The third kappa shape index (κ3) is 7.84. The largest absolute Gasteiger partial charge is 0.248 e. The second kappa shape index (κ2) is 13.3. The van der Waals surface area contributed by atoms with Gasteiger partial charge in [0, 0.05) is 5.39 Å². The van der Waals surface area contributed by atoms with Gasteiger partial charge in [-0.25, -0.2) is 4.98 Å². The third-order valence-electron chi connectivity index (χ3n) is 7.90. The first-order valence-electron chi connectivity index (χ1n) is 14.2. The fourth-order valence-corrected chi connectivity index (χ4v) is 5.52. The van der Waals surface area contributed by atoms with E-state index in [1.807, 2.05) is 0 Å². The lowest BCUT2D eigenvalue weighted by Crippen LogP contribution is -1.97. The van der Waals surface area contributed by atoms with Gasteiger partial charge in [0.15, 0.2) is 0 Å². The van der Waals surface area contributed by atoms with Gasteiger partial charge >= 0.3 is 0 Å². The highest BCUT2D eigenvalue weighted by molar-refractivity contribution is 7.80. The summed E-state index contributed by atoms with van der Waals surface area (Å²) in [6.45, 7) is 8.92. The number of thiol groups is 1. The SMILES string of the molecule is CCC1(CS)CC1.Cc1ccc2ccc(/C=C/c3cccc(CCCc4ccccc4C(C)C)c3)nc2c1. The first kappa shape index (κ1) is 28.2. The molecule has 0 bridgehead atoms. The highest BCUT2D eigenvalue weighted by Gasteiger charge is 2.38. The van der Waals surface area contributed by atoms with Crippen LogP contribution >= 0.6 is 12.6 Å². The third-order valence-corrected chi connectivity index (χ3v) is 8.57. The molecule has 5 rings (SSSR count). The van der Waals surface area contributed by atoms with E-state index in [4.69, 9.17) is 4.98 Å². The van der Waals surface area contributed by atoms with Crippen molar-refractivity contribution in [2.75, 3.05) is 5.75 Å². The molecule has 1 saturated carbocycles. The molecule has 2 heteroatoms. The standard InChI is InChI=1S/C30H31N.C6H12S/c1-22(2)29-13-5-4-11-26(29)12-7-10-24-8-6-9-25(21-24)15-18-28-19-17-27-16-14-23(3)20-30(27)31-28;1-2-6(5-7)3-4-6/h4-6,8-9,11,13-22H,7,10,12H2,1-3H3;7H,2-5H2,1H3/b18-15+;. The van der Waals surface area contributed by atoms with E-state index in [0.717, 1.165) is 29.8 Å². The molecule has 0 radical (unpaired) electrons. The van der Waals surface area contributed by atoms with Gasteiger partial charge in [-0.1, -0.05) is 93.6 Å². The lowest BCUT2D eigenvalue weighted by molar-refractivity contribution is 0.564. The fraction of sp³-hybridized carbons (Fsp3) is 0.361. The average Bonchev–Trinajstić information content (AvgIpc) is 3.73. The molecule has 1 aliphatic rings. The number of rotatable bonds is 9. The van der Waals surface area contributed by atoms with E-state index in [1.54, 1.807) is 0 Å². The molecule has 1 heterocycles. The second-order valence-corrected chi connectivity index (χ2v) is 11.5. The Balaban J connectivity index is 0.000000417. The van der Waals surface area contributed by atoms with Crippen LogP contribution in [0.15, 0.2) is 78.9 Å². The molecule has 1 aromatic heterocycles. The molecule has 0 aliphatic heterocycles. The molecule has 0 atom stereocenters. The monoisotopic (exact) mass is 521 g/mol. The lowest BCUT2D eigenvalue weighted by atomic mass is 9.93. The van der Waals surface area contributed by atoms with Crippen LogP contribution in [0.2, 0.25) is 0 Å². The molecular weight excluding hydrogens is 478 g/mol. The van der Waals surface area contributed by atoms with Crippen LogP contribution in [0, 0.1) is 12.3 Å². The molecule has 198 valence electrons. The van der Waals surface area contributed by atoms with Crippen molar-refractivity contribution in [2.24, 2.45) is 5.41 Å². The molecule has 1 aliphatic carbocycles. The number of aromatic nitrogens is 1. The number of hydrogen-bond donors (Lipinski definition) is 1. The summed E-state index contributed by atoms with van der Waals surface area (Å²) in [5.41, 5.74) is 9.58. The van der Waals surface area contributed by atoms with Crippen molar-refractivity contribution in [3.63, 3.8) is 0 Å². The molecule has 0 spiro atoms. The van der Waals surface area contributed by atoms with Gasteiger partial charge < -0.3 is 0 Å². The van der Waals surface area contributed by atoms with E-state index in [9.17, 15) is 0 Å². The molecule has 0 unspecified atom stereocenters. The zero-order chi connectivity index (χ0) is 27.0. The van der Waals surface area contributed by atoms with Gasteiger partial charge in [-0.3, -0.25) is 0 Å². The minimum Gasteiger partial charge on any atom is -0.248 e. The molecular formula is C36H43NS. The molecule has 4 aromatic rings. The van der Waals surface area contributed by atoms with Crippen molar-refractivity contribution < 1.29 is 0 Å². The van der Waals surface area contributed by atoms with Gasteiger partial charge in [0.05, 0.1) is 11.2 Å². The van der Waals surface area contributed by atoms with Crippen molar-refractivity contribution in [2.45, 2.75) is 72.1 Å². The molecule has 1 fully saturated rings. The molecule has 38 heavy (non-hydrogen) atoms. The zero-order valence-electron chi connectivity index (χ0n) is 23.6.